The van der Waals surface area contributed by atoms with Gasteiger partial charge in [0.1, 0.15) is 17.2 Å². The zero-order valence-corrected chi connectivity index (χ0v) is 21.0. The maximum absolute atomic E-state index is 5.94. The molecular weight excluding hydrogens is 645 g/mol. The molecule has 0 spiro atoms. The molecule has 0 N–H and O–H groups in total. The highest BCUT2D eigenvalue weighted by Crippen LogP contribution is 2.29. The van der Waals surface area contributed by atoms with Gasteiger partial charge < -0.3 is 14.2 Å². The second-order valence-electron chi connectivity index (χ2n) is 5.59. The van der Waals surface area contributed by atoms with Gasteiger partial charge in [-0.15, -0.1) is 0 Å². The van der Waals surface area contributed by atoms with Crippen LogP contribution in [-0.2, 0) is 0 Å². The molecule has 0 saturated carbocycles. The first-order valence-corrected chi connectivity index (χ1v) is 12.2. The summed E-state index contributed by atoms with van der Waals surface area (Å²) in [6, 6.07) is 5.89. The average Bonchev–Trinajstić information content (AvgIpc) is 2.61. The van der Waals surface area contributed by atoms with Crippen LogP contribution in [0.25, 0.3) is 0 Å². The van der Waals surface area contributed by atoms with E-state index in [9.17, 15) is 0 Å². The van der Waals surface area contributed by atoms with E-state index in [4.69, 9.17) is 14.2 Å². The van der Waals surface area contributed by atoms with E-state index in [-0.39, 0.29) is 0 Å². The maximum Gasteiger partial charge on any atom is 0.126 e. The van der Waals surface area contributed by atoms with Crippen LogP contribution in [0.15, 0.2) is 18.2 Å². The Bertz CT molecular complexity index is 392. The fourth-order valence-corrected chi connectivity index (χ4v) is 2.25. The highest BCUT2D eigenvalue weighted by atomic mass is 127. The molecule has 3 nitrogen and oxygen atoms in total. The van der Waals surface area contributed by atoms with Gasteiger partial charge in [-0.1, -0.05) is 88.5 Å². The molecule has 0 heterocycles. The first-order valence-electron chi connectivity index (χ1n) is 8.44. The largest absolute Gasteiger partial charge is 0.492 e. The van der Waals surface area contributed by atoms with E-state index in [0.29, 0.717) is 31.6 Å². The zero-order valence-electron chi connectivity index (χ0n) is 14.6. The topological polar surface area (TPSA) is 27.7 Å². The normalized spacial score (nSPS) is 14.8. The van der Waals surface area contributed by atoms with Crippen LogP contribution >= 0.6 is 67.8 Å². The Morgan fingerprint density at radius 2 is 0.875 bits per heavy atom. The molecule has 3 atom stereocenters. The Morgan fingerprint density at radius 1 is 0.625 bits per heavy atom. The molecule has 1 aromatic rings. The molecule has 0 bridgehead atoms. The van der Waals surface area contributed by atoms with Crippen LogP contribution in [0.3, 0.4) is 0 Å². The fraction of sp³-hybridized carbons (Fsp3) is 0.667. The van der Waals surface area contributed by atoms with Crippen molar-refractivity contribution in [2.45, 2.75) is 51.8 Å². The molecule has 24 heavy (non-hydrogen) atoms. The summed E-state index contributed by atoms with van der Waals surface area (Å²) in [6.45, 7) is 8.62. The van der Waals surface area contributed by atoms with E-state index < -0.39 is 0 Å². The molecule has 0 aliphatic rings. The summed E-state index contributed by atoms with van der Waals surface area (Å²) >= 11 is 7.26. The van der Waals surface area contributed by atoms with Crippen molar-refractivity contribution in [3.63, 3.8) is 0 Å². The number of halogens is 3. The van der Waals surface area contributed by atoms with Gasteiger partial charge in [-0.2, -0.15) is 0 Å². The van der Waals surface area contributed by atoms with Gasteiger partial charge in [0, 0.05) is 30.0 Å². The van der Waals surface area contributed by atoms with Crippen molar-refractivity contribution >= 4 is 67.8 Å². The standard InChI is InChI=1S/C18H27I3O3/c1-4-13(19)10-22-16-7-17(23-11-14(20)5-2)9-18(8-16)24-12-15(21)6-3/h7-9,13-15H,4-6,10-12H2,1-3H3. The highest BCUT2D eigenvalue weighted by molar-refractivity contribution is 14.1. The Morgan fingerprint density at radius 3 is 1.08 bits per heavy atom. The molecule has 0 radical (unpaired) electrons. The Labute approximate surface area is 187 Å². The van der Waals surface area contributed by atoms with Gasteiger partial charge in [0.05, 0.1) is 19.8 Å². The van der Waals surface area contributed by atoms with Gasteiger partial charge in [0.2, 0.25) is 0 Å². The molecule has 3 unspecified atom stereocenters. The summed E-state index contributed by atoms with van der Waals surface area (Å²) < 4.78 is 19.3. The quantitative estimate of drug-likeness (QED) is 0.189. The van der Waals surface area contributed by atoms with Gasteiger partial charge in [0.15, 0.2) is 0 Å². The van der Waals surface area contributed by atoms with Gasteiger partial charge in [-0.05, 0) is 19.3 Å². The Hall–Kier alpha value is 0.810. The van der Waals surface area contributed by atoms with Crippen molar-refractivity contribution in [1.29, 1.82) is 0 Å². The average molecular weight is 672 g/mol. The maximum atomic E-state index is 5.94. The van der Waals surface area contributed by atoms with Crippen molar-refractivity contribution < 1.29 is 14.2 Å². The van der Waals surface area contributed by atoms with Gasteiger partial charge in [0.25, 0.3) is 0 Å². The monoisotopic (exact) mass is 672 g/mol. The van der Waals surface area contributed by atoms with Crippen LogP contribution < -0.4 is 14.2 Å². The first-order chi connectivity index (χ1) is 11.5. The van der Waals surface area contributed by atoms with E-state index in [0.717, 1.165) is 36.5 Å². The number of rotatable bonds is 12. The van der Waals surface area contributed by atoms with Crippen LogP contribution in [0.4, 0.5) is 0 Å². The minimum atomic E-state index is 0.508. The molecule has 0 saturated heterocycles. The summed E-state index contributed by atoms with van der Waals surface area (Å²) in [5.74, 6) is 2.46. The summed E-state index contributed by atoms with van der Waals surface area (Å²) in [5.41, 5.74) is 0. The summed E-state index contributed by atoms with van der Waals surface area (Å²) in [5, 5.41) is 0. The molecule has 0 aliphatic carbocycles. The third kappa shape index (κ3) is 9.49. The molecule has 6 heteroatoms. The minimum Gasteiger partial charge on any atom is -0.492 e. The number of hydrogen-bond donors (Lipinski definition) is 0. The lowest BCUT2D eigenvalue weighted by Gasteiger charge is -2.16. The smallest absolute Gasteiger partial charge is 0.126 e. The molecule has 0 fully saturated rings. The summed E-state index contributed by atoms with van der Waals surface area (Å²) in [4.78, 5) is 0. The van der Waals surface area contributed by atoms with E-state index in [1.807, 2.05) is 18.2 Å². The second-order valence-corrected chi connectivity index (χ2v) is 10.9. The van der Waals surface area contributed by atoms with E-state index >= 15 is 0 Å². The van der Waals surface area contributed by atoms with Crippen LogP contribution in [0.2, 0.25) is 0 Å². The second kappa shape index (κ2) is 13.1. The van der Waals surface area contributed by atoms with Crippen LogP contribution in [0.5, 0.6) is 17.2 Å². The third-order valence-corrected chi connectivity index (χ3v) is 7.20. The molecule has 138 valence electrons. The lowest BCUT2D eigenvalue weighted by Crippen LogP contribution is -2.12. The van der Waals surface area contributed by atoms with Crippen molar-refractivity contribution in [2.75, 3.05) is 19.8 Å². The van der Waals surface area contributed by atoms with Crippen LogP contribution in [0.1, 0.15) is 40.0 Å². The molecule has 0 aliphatic heterocycles. The van der Waals surface area contributed by atoms with E-state index in [1.54, 1.807) is 0 Å². The van der Waals surface area contributed by atoms with E-state index in [2.05, 4.69) is 88.5 Å². The number of ether oxygens (including phenoxy) is 3. The van der Waals surface area contributed by atoms with Crippen molar-refractivity contribution in [2.24, 2.45) is 0 Å². The SMILES string of the molecule is CCC(I)COc1cc(OCC(I)CC)cc(OCC(I)CC)c1. The van der Waals surface area contributed by atoms with Crippen LogP contribution in [0, 0.1) is 0 Å². The fourth-order valence-electron chi connectivity index (χ4n) is 1.71. The minimum absolute atomic E-state index is 0.508. The zero-order chi connectivity index (χ0) is 17.9. The lowest BCUT2D eigenvalue weighted by molar-refractivity contribution is 0.289. The van der Waals surface area contributed by atoms with Gasteiger partial charge >= 0.3 is 0 Å². The van der Waals surface area contributed by atoms with Crippen molar-refractivity contribution in [1.82, 2.24) is 0 Å². The predicted molar refractivity (Wildman–Crippen MR) is 127 cm³/mol. The van der Waals surface area contributed by atoms with E-state index in [1.165, 1.54) is 0 Å². The Balaban J connectivity index is 2.79. The third-order valence-electron chi connectivity index (χ3n) is 3.48. The highest BCUT2D eigenvalue weighted by Gasteiger charge is 2.10. The number of hydrogen-bond acceptors (Lipinski definition) is 3. The molecule has 1 aromatic carbocycles. The first kappa shape index (κ1) is 22.9. The molecule has 0 amide bonds. The van der Waals surface area contributed by atoms with Crippen molar-refractivity contribution in [3.8, 4) is 17.2 Å². The molecule has 1 rings (SSSR count). The molecular formula is C18H27I3O3. The Kier molecular flexibility index (Phi) is 12.4. The summed E-state index contributed by atoms with van der Waals surface area (Å²) in [7, 11) is 0. The van der Waals surface area contributed by atoms with Crippen molar-refractivity contribution in [3.05, 3.63) is 18.2 Å². The van der Waals surface area contributed by atoms with Crippen LogP contribution in [-0.4, -0.2) is 31.6 Å². The summed E-state index contributed by atoms with van der Waals surface area (Å²) in [6.07, 6.45) is 3.29. The lowest BCUT2D eigenvalue weighted by atomic mass is 10.3. The predicted octanol–water partition coefficient (Wildman–Crippen LogP) is 6.46. The number of alkyl halides is 3. The number of benzene rings is 1. The van der Waals surface area contributed by atoms with Gasteiger partial charge in [-0.3, -0.25) is 0 Å². The van der Waals surface area contributed by atoms with Gasteiger partial charge in [-0.25, -0.2) is 0 Å². The molecule has 0 aromatic heterocycles.